The lowest BCUT2D eigenvalue weighted by Gasteiger charge is -2.53. The molecule has 4 aromatic rings. The first kappa shape index (κ1) is 38.0. The molecule has 9 atom stereocenters. The fourth-order valence-electron chi connectivity index (χ4n) is 11.5. The van der Waals surface area contributed by atoms with Crippen LogP contribution in [0.4, 0.5) is 0 Å². The minimum absolute atomic E-state index is 0.0313. The summed E-state index contributed by atoms with van der Waals surface area (Å²) < 4.78 is 21.5. The van der Waals surface area contributed by atoms with Gasteiger partial charge < -0.3 is 18.7 Å². The van der Waals surface area contributed by atoms with Crippen LogP contribution in [0.15, 0.2) is 121 Å². The molecule has 0 aromatic heterocycles. The van der Waals surface area contributed by atoms with Gasteiger partial charge in [-0.2, -0.15) is 0 Å². The van der Waals surface area contributed by atoms with Crippen molar-refractivity contribution in [2.24, 2.45) is 35.5 Å². The number of rotatable bonds is 10. The maximum Gasteiger partial charge on any atom is 0.261 e. The van der Waals surface area contributed by atoms with Crippen molar-refractivity contribution < 1.29 is 18.7 Å². The predicted octanol–water partition coefficient (Wildman–Crippen LogP) is 7.96. The van der Waals surface area contributed by atoms with Gasteiger partial charge in [-0.15, -0.1) is 0 Å². The smallest absolute Gasteiger partial charge is 0.261 e. The average molecular weight is 759 g/mol. The van der Waals surface area contributed by atoms with Gasteiger partial charge in [0.05, 0.1) is 18.3 Å². The second kappa shape index (κ2) is 14.9. The van der Waals surface area contributed by atoms with Gasteiger partial charge in [-0.25, -0.2) is 0 Å². The molecule has 54 heavy (non-hydrogen) atoms. The van der Waals surface area contributed by atoms with Crippen LogP contribution in [0.25, 0.3) is 0 Å². The molecule has 1 heterocycles. The molecule has 8 rings (SSSR count). The Hall–Kier alpha value is -2.85. The zero-order chi connectivity index (χ0) is 37.7. The SMILES string of the molecule is CC(C)(C)[Si](OC[C@H]1C[C@@H]2C[C@H]3C[C@H]4O[C@H]4C[C@H]3C[C@@H]2[C@H](O)[C@@H]1CO[Si](c1ccccc1)(c1ccccc1)C(C)(C)C)(c1ccccc1)c1ccccc1. The van der Waals surface area contributed by atoms with Crippen LogP contribution in [-0.4, -0.2) is 53.3 Å². The number of aliphatic hydroxyl groups excluding tert-OH is 1. The Labute approximate surface area is 326 Å². The number of hydrogen-bond donors (Lipinski definition) is 1. The van der Waals surface area contributed by atoms with Crippen LogP contribution in [0, 0.1) is 35.5 Å². The van der Waals surface area contributed by atoms with E-state index in [-0.39, 0.29) is 21.9 Å². The monoisotopic (exact) mass is 758 g/mol. The Morgan fingerprint density at radius 3 is 1.31 bits per heavy atom. The second-order valence-electron chi connectivity index (χ2n) is 19.2. The van der Waals surface area contributed by atoms with Crippen molar-refractivity contribution in [3.63, 3.8) is 0 Å². The molecule has 0 unspecified atom stereocenters. The Bertz CT molecular complexity index is 1740. The second-order valence-corrected chi connectivity index (χ2v) is 27.8. The molecule has 4 aliphatic rings. The van der Waals surface area contributed by atoms with Crippen molar-refractivity contribution in [3.05, 3.63) is 121 Å². The minimum atomic E-state index is -2.82. The molecular formula is C48H62O4Si2. The van der Waals surface area contributed by atoms with E-state index in [1.54, 1.807) is 0 Å². The summed E-state index contributed by atoms with van der Waals surface area (Å²) in [5.74, 6) is 2.30. The summed E-state index contributed by atoms with van der Waals surface area (Å²) >= 11 is 0. The molecular weight excluding hydrogens is 697 g/mol. The normalized spacial score (nSPS) is 29.8. The van der Waals surface area contributed by atoms with Crippen molar-refractivity contribution in [1.82, 2.24) is 0 Å². The molecule has 6 heteroatoms. The molecule has 0 bridgehead atoms. The molecule has 4 nitrogen and oxygen atoms in total. The van der Waals surface area contributed by atoms with Gasteiger partial charge in [-0.1, -0.05) is 163 Å². The summed E-state index contributed by atoms with van der Waals surface area (Å²) in [5, 5.41) is 17.8. The van der Waals surface area contributed by atoms with Crippen molar-refractivity contribution in [2.75, 3.05) is 13.2 Å². The van der Waals surface area contributed by atoms with Gasteiger partial charge in [-0.3, -0.25) is 0 Å². The lowest BCUT2D eigenvalue weighted by Crippen LogP contribution is -2.68. The van der Waals surface area contributed by atoms with E-state index < -0.39 is 22.7 Å². The van der Waals surface area contributed by atoms with E-state index in [1.165, 1.54) is 40.0 Å². The quantitative estimate of drug-likeness (QED) is 0.132. The highest BCUT2D eigenvalue weighted by molar-refractivity contribution is 7.00. The first-order valence-corrected chi connectivity index (χ1v) is 24.6. The summed E-state index contributed by atoms with van der Waals surface area (Å²) in [4.78, 5) is 0. The highest BCUT2D eigenvalue weighted by Gasteiger charge is 2.57. The standard InChI is InChI=1S/C48H62O4Si2/c1-47(2,3)53(38-19-11-7-12-20-38,39-21-13-8-14-22-39)50-32-37-28-36-27-34-30-44-45(52-44)31-35(34)29-42(36)46(49)43(37)33-51-54(48(4,5)6,40-23-15-9-16-24-40)41-25-17-10-18-26-41/h7-26,34-37,42-46,49H,27-33H2,1-6H3/t34-,35+,36-,37+,42-,43+,44+,45-,46-/m0/s1. The van der Waals surface area contributed by atoms with Crippen molar-refractivity contribution in [3.8, 4) is 0 Å². The summed E-state index contributed by atoms with van der Waals surface area (Å²) in [5.41, 5.74) is 0. The molecule has 1 aliphatic heterocycles. The van der Waals surface area contributed by atoms with E-state index in [1.807, 2.05) is 0 Å². The van der Waals surface area contributed by atoms with Crippen LogP contribution in [0.3, 0.4) is 0 Å². The summed E-state index contributed by atoms with van der Waals surface area (Å²) in [6.45, 7) is 15.3. The van der Waals surface area contributed by atoms with E-state index in [2.05, 4.69) is 163 Å². The highest BCUT2D eigenvalue weighted by atomic mass is 28.4. The first-order chi connectivity index (χ1) is 25.9. The van der Waals surface area contributed by atoms with E-state index in [4.69, 9.17) is 13.6 Å². The number of aliphatic hydroxyl groups is 1. The third-order valence-electron chi connectivity index (χ3n) is 14.1. The van der Waals surface area contributed by atoms with Gasteiger partial charge in [-0.05, 0) is 92.5 Å². The maximum atomic E-state index is 12.8. The fraction of sp³-hybridized carbons (Fsp3) is 0.500. The third kappa shape index (κ3) is 6.83. The van der Waals surface area contributed by atoms with Crippen LogP contribution >= 0.6 is 0 Å². The van der Waals surface area contributed by atoms with E-state index in [9.17, 15) is 5.11 Å². The number of benzene rings is 4. The first-order valence-electron chi connectivity index (χ1n) is 20.8. The van der Waals surface area contributed by atoms with Crippen LogP contribution in [0.2, 0.25) is 10.1 Å². The lowest BCUT2D eigenvalue weighted by atomic mass is 9.55. The molecule has 1 N–H and O–H groups in total. The summed E-state index contributed by atoms with van der Waals surface area (Å²) in [6, 6.07) is 44.0. The average Bonchev–Trinajstić information content (AvgIpc) is 3.93. The third-order valence-corrected chi connectivity index (χ3v) is 24.1. The zero-order valence-electron chi connectivity index (χ0n) is 33.4. The van der Waals surface area contributed by atoms with Crippen LogP contribution in [-0.2, 0) is 13.6 Å². The fourth-order valence-corrected chi connectivity index (χ4v) is 20.7. The van der Waals surface area contributed by atoms with E-state index in [0.29, 0.717) is 49.1 Å². The number of hydrogen-bond acceptors (Lipinski definition) is 4. The number of epoxide rings is 1. The molecule has 0 spiro atoms. The molecule has 4 aromatic carbocycles. The zero-order valence-corrected chi connectivity index (χ0v) is 35.4. The van der Waals surface area contributed by atoms with Crippen molar-refractivity contribution in [1.29, 1.82) is 0 Å². The van der Waals surface area contributed by atoms with Gasteiger partial charge in [0.1, 0.15) is 0 Å². The largest absolute Gasteiger partial charge is 0.407 e. The lowest BCUT2D eigenvalue weighted by molar-refractivity contribution is -0.105. The van der Waals surface area contributed by atoms with Crippen LogP contribution in [0.5, 0.6) is 0 Å². The van der Waals surface area contributed by atoms with Gasteiger partial charge in [0.2, 0.25) is 0 Å². The van der Waals surface area contributed by atoms with Crippen LogP contribution in [0.1, 0.15) is 73.6 Å². The minimum Gasteiger partial charge on any atom is -0.407 e. The Morgan fingerprint density at radius 1 is 0.519 bits per heavy atom. The molecule has 1 saturated heterocycles. The molecule has 3 aliphatic carbocycles. The Morgan fingerprint density at radius 2 is 0.907 bits per heavy atom. The molecule has 0 amide bonds. The van der Waals surface area contributed by atoms with Crippen LogP contribution < -0.4 is 20.7 Å². The van der Waals surface area contributed by atoms with E-state index in [0.717, 1.165) is 12.8 Å². The molecule has 4 fully saturated rings. The summed E-state index contributed by atoms with van der Waals surface area (Å²) in [7, 11) is -5.61. The number of fused-ring (bicyclic) bond motifs is 3. The van der Waals surface area contributed by atoms with Gasteiger partial charge in [0.15, 0.2) is 0 Å². The molecule has 286 valence electrons. The van der Waals surface area contributed by atoms with Crippen molar-refractivity contribution in [2.45, 2.75) is 102 Å². The highest BCUT2D eigenvalue weighted by Crippen LogP contribution is 2.56. The molecule has 3 saturated carbocycles. The van der Waals surface area contributed by atoms with Crippen molar-refractivity contribution >= 4 is 37.4 Å². The van der Waals surface area contributed by atoms with E-state index >= 15 is 0 Å². The summed E-state index contributed by atoms with van der Waals surface area (Å²) in [6.07, 6.45) is 6.29. The van der Waals surface area contributed by atoms with Gasteiger partial charge in [0.25, 0.3) is 16.6 Å². The molecule has 0 radical (unpaired) electrons. The van der Waals surface area contributed by atoms with Gasteiger partial charge >= 0.3 is 0 Å². The Kier molecular flexibility index (Phi) is 10.5. The topological polar surface area (TPSA) is 51.2 Å². The number of ether oxygens (including phenoxy) is 1. The van der Waals surface area contributed by atoms with Gasteiger partial charge in [0, 0.05) is 19.1 Å². The maximum absolute atomic E-state index is 12.8. The predicted molar refractivity (Wildman–Crippen MR) is 226 cm³/mol. The Balaban J connectivity index is 1.18.